The summed E-state index contributed by atoms with van der Waals surface area (Å²) in [5.41, 5.74) is 0.656. The van der Waals surface area contributed by atoms with E-state index in [1.54, 1.807) is 0 Å². The molecule has 0 fully saturated rings. The van der Waals surface area contributed by atoms with Crippen LogP contribution in [0.5, 0.6) is 0 Å². The van der Waals surface area contributed by atoms with Crippen molar-refractivity contribution in [2.45, 2.75) is 45.3 Å². The third-order valence-corrected chi connectivity index (χ3v) is 3.87. The lowest BCUT2D eigenvalue weighted by atomic mass is 9.97. The van der Waals surface area contributed by atoms with Crippen molar-refractivity contribution in [3.8, 4) is 0 Å². The first-order valence-corrected chi connectivity index (χ1v) is 7.47. The fourth-order valence-electron chi connectivity index (χ4n) is 2.74. The summed E-state index contributed by atoms with van der Waals surface area (Å²) in [5.74, 6) is 0. The number of benzene rings is 2. The second-order valence-electron chi connectivity index (χ2n) is 5.92. The van der Waals surface area contributed by atoms with Crippen molar-refractivity contribution in [1.82, 2.24) is 5.32 Å². The Morgan fingerprint density at radius 2 is 1.85 bits per heavy atom. The molecule has 0 saturated carbocycles. The smallest absolute Gasteiger partial charge is 0.0743 e. The highest BCUT2D eigenvalue weighted by Crippen LogP contribution is 2.24. The number of hydrogen-bond acceptors (Lipinski definition) is 2. The maximum atomic E-state index is 10.3. The molecular formula is C18H25NO. The van der Waals surface area contributed by atoms with Gasteiger partial charge < -0.3 is 10.4 Å². The van der Waals surface area contributed by atoms with Gasteiger partial charge in [-0.3, -0.25) is 0 Å². The molecule has 0 amide bonds. The molecule has 0 spiro atoms. The molecule has 2 rings (SSSR count). The molecule has 2 aromatic rings. The van der Waals surface area contributed by atoms with Crippen LogP contribution < -0.4 is 5.32 Å². The summed E-state index contributed by atoms with van der Waals surface area (Å²) in [6.07, 6.45) is 1.82. The van der Waals surface area contributed by atoms with Gasteiger partial charge in [0.2, 0.25) is 0 Å². The zero-order chi connectivity index (χ0) is 14.6. The van der Waals surface area contributed by atoms with E-state index >= 15 is 0 Å². The van der Waals surface area contributed by atoms with Gasteiger partial charge in [0.25, 0.3) is 0 Å². The fraction of sp³-hybridized carbons (Fsp3) is 0.444. The minimum absolute atomic E-state index is 0.226. The first-order valence-electron chi connectivity index (χ1n) is 7.47. The van der Waals surface area contributed by atoms with Gasteiger partial charge >= 0.3 is 0 Å². The van der Waals surface area contributed by atoms with E-state index < -0.39 is 5.60 Å². The summed E-state index contributed by atoms with van der Waals surface area (Å²) in [6, 6.07) is 15.1. The minimum Gasteiger partial charge on any atom is -0.389 e. The molecule has 0 aliphatic rings. The van der Waals surface area contributed by atoms with Crippen molar-refractivity contribution in [2.75, 3.05) is 6.54 Å². The SMILES string of the molecule is CCCC(C)(O)CNC(C)c1cccc2ccccc12. The third kappa shape index (κ3) is 3.59. The number of aliphatic hydroxyl groups is 1. The van der Waals surface area contributed by atoms with E-state index in [0.29, 0.717) is 6.54 Å². The lowest BCUT2D eigenvalue weighted by molar-refractivity contribution is 0.0477. The van der Waals surface area contributed by atoms with Crippen molar-refractivity contribution in [3.63, 3.8) is 0 Å². The Labute approximate surface area is 121 Å². The molecule has 2 aromatic carbocycles. The van der Waals surface area contributed by atoms with Crippen molar-refractivity contribution in [1.29, 1.82) is 0 Å². The van der Waals surface area contributed by atoms with Gasteiger partial charge in [-0.1, -0.05) is 55.8 Å². The topological polar surface area (TPSA) is 32.3 Å². The van der Waals surface area contributed by atoms with Crippen LogP contribution in [0, 0.1) is 0 Å². The van der Waals surface area contributed by atoms with Gasteiger partial charge in [0.1, 0.15) is 0 Å². The van der Waals surface area contributed by atoms with Gasteiger partial charge in [0, 0.05) is 12.6 Å². The van der Waals surface area contributed by atoms with Crippen LogP contribution in [-0.2, 0) is 0 Å². The summed E-state index contributed by atoms with van der Waals surface area (Å²) in [7, 11) is 0. The summed E-state index contributed by atoms with van der Waals surface area (Å²) in [4.78, 5) is 0. The normalized spacial score (nSPS) is 16.0. The molecule has 2 unspecified atom stereocenters. The molecule has 0 bridgehead atoms. The monoisotopic (exact) mass is 271 g/mol. The van der Waals surface area contributed by atoms with Gasteiger partial charge in [-0.15, -0.1) is 0 Å². The molecular weight excluding hydrogens is 246 g/mol. The molecule has 20 heavy (non-hydrogen) atoms. The van der Waals surface area contributed by atoms with Crippen LogP contribution in [0.4, 0.5) is 0 Å². The van der Waals surface area contributed by atoms with Gasteiger partial charge in [0.05, 0.1) is 5.60 Å². The Bertz CT molecular complexity index is 557. The quantitative estimate of drug-likeness (QED) is 0.831. The molecule has 0 radical (unpaired) electrons. The maximum Gasteiger partial charge on any atom is 0.0743 e. The van der Waals surface area contributed by atoms with E-state index in [0.717, 1.165) is 12.8 Å². The van der Waals surface area contributed by atoms with Crippen molar-refractivity contribution in [3.05, 3.63) is 48.0 Å². The van der Waals surface area contributed by atoms with Crippen LogP contribution in [-0.4, -0.2) is 17.3 Å². The van der Waals surface area contributed by atoms with Gasteiger partial charge in [0.15, 0.2) is 0 Å². The minimum atomic E-state index is -0.631. The van der Waals surface area contributed by atoms with E-state index in [4.69, 9.17) is 0 Å². The predicted octanol–water partition coefficient (Wildman–Crippen LogP) is 4.04. The highest BCUT2D eigenvalue weighted by Gasteiger charge is 2.20. The number of hydrogen-bond donors (Lipinski definition) is 2. The van der Waals surface area contributed by atoms with Crippen LogP contribution in [0.25, 0.3) is 10.8 Å². The van der Waals surface area contributed by atoms with Crippen LogP contribution in [0.2, 0.25) is 0 Å². The second-order valence-corrected chi connectivity index (χ2v) is 5.92. The summed E-state index contributed by atoms with van der Waals surface area (Å²) < 4.78 is 0. The zero-order valence-corrected chi connectivity index (χ0v) is 12.7. The Balaban J connectivity index is 2.14. The highest BCUT2D eigenvalue weighted by molar-refractivity contribution is 5.86. The molecule has 2 heteroatoms. The average Bonchev–Trinajstić information content (AvgIpc) is 2.44. The van der Waals surface area contributed by atoms with Crippen molar-refractivity contribution < 1.29 is 5.11 Å². The summed E-state index contributed by atoms with van der Waals surface area (Å²) in [5, 5.41) is 16.3. The van der Waals surface area contributed by atoms with Crippen LogP contribution >= 0.6 is 0 Å². The first kappa shape index (κ1) is 15.0. The molecule has 0 aliphatic carbocycles. The lowest BCUT2D eigenvalue weighted by Crippen LogP contribution is -2.38. The van der Waals surface area contributed by atoms with Crippen molar-refractivity contribution in [2.24, 2.45) is 0 Å². The van der Waals surface area contributed by atoms with Crippen LogP contribution in [0.1, 0.15) is 45.2 Å². The Morgan fingerprint density at radius 3 is 2.60 bits per heavy atom. The van der Waals surface area contributed by atoms with Crippen LogP contribution in [0.3, 0.4) is 0 Å². The van der Waals surface area contributed by atoms with Gasteiger partial charge in [-0.05, 0) is 36.6 Å². The lowest BCUT2D eigenvalue weighted by Gasteiger charge is -2.26. The maximum absolute atomic E-state index is 10.3. The Morgan fingerprint density at radius 1 is 1.15 bits per heavy atom. The number of fused-ring (bicyclic) bond motifs is 1. The molecule has 2 nitrogen and oxygen atoms in total. The molecule has 0 aromatic heterocycles. The van der Waals surface area contributed by atoms with E-state index in [-0.39, 0.29) is 6.04 Å². The van der Waals surface area contributed by atoms with E-state index in [1.165, 1.54) is 16.3 Å². The van der Waals surface area contributed by atoms with Crippen LogP contribution in [0.15, 0.2) is 42.5 Å². The largest absolute Gasteiger partial charge is 0.389 e. The highest BCUT2D eigenvalue weighted by atomic mass is 16.3. The third-order valence-electron chi connectivity index (χ3n) is 3.87. The first-order chi connectivity index (χ1) is 9.53. The molecule has 0 heterocycles. The Kier molecular flexibility index (Phi) is 4.79. The zero-order valence-electron chi connectivity index (χ0n) is 12.7. The fourth-order valence-corrected chi connectivity index (χ4v) is 2.74. The van der Waals surface area contributed by atoms with Gasteiger partial charge in [-0.25, -0.2) is 0 Å². The van der Waals surface area contributed by atoms with Gasteiger partial charge in [-0.2, -0.15) is 0 Å². The molecule has 2 atom stereocenters. The van der Waals surface area contributed by atoms with E-state index in [9.17, 15) is 5.11 Å². The standard InChI is InChI=1S/C18H25NO/c1-4-12-18(3,20)13-19-14(2)16-11-7-9-15-8-5-6-10-17(15)16/h5-11,14,19-20H,4,12-13H2,1-3H3. The number of rotatable bonds is 6. The molecule has 0 aliphatic heterocycles. The number of nitrogens with one attached hydrogen (secondary N) is 1. The second kappa shape index (κ2) is 6.38. The predicted molar refractivity (Wildman–Crippen MR) is 85.9 cm³/mol. The average molecular weight is 271 g/mol. The Hall–Kier alpha value is -1.38. The van der Waals surface area contributed by atoms with E-state index in [1.807, 2.05) is 6.92 Å². The molecule has 0 saturated heterocycles. The molecule has 108 valence electrons. The summed E-state index contributed by atoms with van der Waals surface area (Å²) >= 11 is 0. The van der Waals surface area contributed by atoms with E-state index in [2.05, 4.69) is 61.6 Å². The molecule has 2 N–H and O–H groups in total. The summed E-state index contributed by atoms with van der Waals surface area (Å²) in [6.45, 7) is 6.77. The van der Waals surface area contributed by atoms with Crippen molar-refractivity contribution >= 4 is 10.8 Å².